The fourth-order valence-corrected chi connectivity index (χ4v) is 2.34. The molecule has 0 aromatic carbocycles. The molecule has 1 aliphatic rings. The van der Waals surface area contributed by atoms with Crippen LogP contribution in [0.25, 0.3) is 0 Å². The average molecular weight is 409 g/mol. The Morgan fingerprint density at radius 2 is 1.83 bits per heavy atom. The molecule has 0 bridgehead atoms. The Morgan fingerprint density at radius 3 is 2.38 bits per heavy atom. The molecular weight excluding hydrogens is 393 g/mol. The van der Waals surface area contributed by atoms with Gasteiger partial charge in [0.25, 0.3) is 0 Å². The molecule has 0 aliphatic carbocycles. The Hall–Kier alpha value is -2.01. The minimum Gasteiger partial charge on any atom is -1.00 e. The van der Waals surface area contributed by atoms with Gasteiger partial charge >= 0.3 is 17.6 Å². The van der Waals surface area contributed by atoms with Gasteiger partial charge in [-0.3, -0.25) is 14.2 Å². The highest BCUT2D eigenvalue weighted by atomic mass is 79.9. The van der Waals surface area contributed by atoms with E-state index in [4.69, 9.17) is 19.9 Å². The van der Waals surface area contributed by atoms with Gasteiger partial charge in [-0.1, -0.05) is 0 Å². The summed E-state index contributed by atoms with van der Waals surface area (Å²) >= 11 is 0. The standard InChI is InChI=1S/C13H16FN3O6.BrH/c1-5-9(22-6(2)18)10(23-7(3)19)12(21-5)17-4-8(14)11(15)16-13(17)20;/h4-5,9-10,12H,1-3H3,(H2,15,16,20);1H/p-1/t5-,9-,10-,12-;/m1./s1. The topological polar surface area (TPSA) is 123 Å². The number of carbonyl (C=O) groups excluding carboxylic acids is 2. The van der Waals surface area contributed by atoms with Crippen LogP contribution in [0.3, 0.4) is 0 Å². The Kier molecular flexibility index (Phi) is 6.43. The Labute approximate surface area is 146 Å². The van der Waals surface area contributed by atoms with E-state index in [0.29, 0.717) is 0 Å². The van der Waals surface area contributed by atoms with Crippen molar-refractivity contribution < 1.29 is 45.2 Å². The molecule has 24 heavy (non-hydrogen) atoms. The van der Waals surface area contributed by atoms with Crippen molar-refractivity contribution >= 4 is 17.8 Å². The fourth-order valence-electron chi connectivity index (χ4n) is 2.34. The minimum absolute atomic E-state index is 0. The van der Waals surface area contributed by atoms with Gasteiger partial charge in [-0.25, -0.2) is 9.18 Å². The summed E-state index contributed by atoms with van der Waals surface area (Å²) in [5.74, 6) is -2.78. The number of halogens is 2. The SMILES string of the molecule is CC(=O)O[C@@H]1[C@H](OC(C)=O)[C@@H](C)O[C@H]1n1cc(F)c(N)nc1=O.[Br-]. The van der Waals surface area contributed by atoms with Gasteiger partial charge in [0.05, 0.1) is 12.3 Å². The highest BCUT2D eigenvalue weighted by molar-refractivity contribution is 5.67. The molecule has 1 aliphatic heterocycles. The zero-order valence-electron chi connectivity index (χ0n) is 13.1. The lowest BCUT2D eigenvalue weighted by Crippen LogP contribution is -3.00. The molecule has 0 unspecified atom stereocenters. The molecule has 1 fully saturated rings. The van der Waals surface area contributed by atoms with Crippen LogP contribution in [0.15, 0.2) is 11.0 Å². The molecule has 0 radical (unpaired) electrons. The maximum absolute atomic E-state index is 13.6. The number of rotatable bonds is 3. The smallest absolute Gasteiger partial charge is 0.351 e. The quantitative estimate of drug-likeness (QED) is 0.517. The molecule has 1 saturated heterocycles. The second-order valence-electron chi connectivity index (χ2n) is 5.04. The molecule has 1 aromatic rings. The minimum atomic E-state index is -1.20. The number of anilines is 1. The van der Waals surface area contributed by atoms with Gasteiger partial charge in [0.15, 0.2) is 30.1 Å². The number of hydrogen-bond acceptors (Lipinski definition) is 8. The molecular formula is C13H16BrFN3O6-. The van der Waals surface area contributed by atoms with E-state index in [0.717, 1.165) is 17.7 Å². The lowest BCUT2D eigenvalue weighted by molar-refractivity contribution is -0.165. The first kappa shape index (κ1) is 20.0. The third-order valence-electron chi connectivity index (χ3n) is 3.23. The molecule has 9 nitrogen and oxygen atoms in total. The van der Waals surface area contributed by atoms with E-state index in [9.17, 15) is 18.8 Å². The Morgan fingerprint density at radius 1 is 1.29 bits per heavy atom. The van der Waals surface area contributed by atoms with Crippen molar-refractivity contribution in [3.8, 4) is 0 Å². The summed E-state index contributed by atoms with van der Waals surface area (Å²) in [4.78, 5) is 37.8. The molecule has 2 rings (SSSR count). The normalized spacial score (nSPS) is 25.7. The molecule has 0 amide bonds. The van der Waals surface area contributed by atoms with Crippen LogP contribution in [0.4, 0.5) is 10.2 Å². The van der Waals surface area contributed by atoms with Crippen LogP contribution < -0.4 is 28.4 Å². The van der Waals surface area contributed by atoms with Crippen molar-refractivity contribution in [3.05, 3.63) is 22.5 Å². The van der Waals surface area contributed by atoms with Gasteiger partial charge in [-0.05, 0) is 6.92 Å². The van der Waals surface area contributed by atoms with Gasteiger partial charge < -0.3 is 36.9 Å². The van der Waals surface area contributed by atoms with Crippen molar-refractivity contribution in [2.45, 2.75) is 45.3 Å². The predicted molar refractivity (Wildman–Crippen MR) is 73.6 cm³/mol. The second kappa shape index (κ2) is 7.71. The highest BCUT2D eigenvalue weighted by Crippen LogP contribution is 2.33. The third-order valence-corrected chi connectivity index (χ3v) is 3.23. The summed E-state index contributed by atoms with van der Waals surface area (Å²) < 4.78 is 30.1. The van der Waals surface area contributed by atoms with E-state index < -0.39 is 53.8 Å². The first-order valence-electron chi connectivity index (χ1n) is 6.74. The zero-order valence-corrected chi connectivity index (χ0v) is 14.6. The Bertz CT molecular complexity index is 697. The average Bonchev–Trinajstić information content (AvgIpc) is 2.70. The molecule has 11 heteroatoms. The molecule has 0 spiro atoms. The first-order chi connectivity index (χ1) is 10.7. The van der Waals surface area contributed by atoms with E-state index in [2.05, 4.69) is 4.98 Å². The fraction of sp³-hybridized carbons (Fsp3) is 0.538. The lowest BCUT2D eigenvalue weighted by Gasteiger charge is -2.23. The van der Waals surface area contributed by atoms with Crippen LogP contribution in [-0.2, 0) is 23.8 Å². The van der Waals surface area contributed by atoms with Gasteiger partial charge in [-0.2, -0.15) is 4.98 Å². The number of nitrogen functional groups attached to an aromatic ring is 1. The van der Waals surface area contributed by atoms with Crippen molar-refractivity contribution in [1.29, 1.82) is 0 Å². The predicted octanol–water partition coefficient (Wildman–Crippen LogP) is -3.25. The van der Waals surface area contributed by atoms with Crippen LogP contribution in [0.1, 0.15) is 27.0 Å². The number of hydrogen-bond donors (Lipinski definition) is 1. The molecule has 2 N–H and O–H groups in total. The lowest BCUT2D eigenvalue weighted by atomic mass is 10.1. The number of esters is 2. The van der Waals surface area contributed by atoms with Gasteiger partial charge in [-0.15, -0.1) is 0 Å². The summed E-state index contributed by atoms with van der Waals surface area (Å²) in [5, 5.41) is 0. The van der Waals surface area contributed by atoms with Gasteiger partial charge in [0.2, 0.25) is 0 Å². The number of nitrogens with two attached hydrogens (primary N) is 1. The van der Waals surface area contributed by atoms with E-state index in [1.165, 1.54) is 6.92 Å². The van der Waals surface area contributed by atoms with Gasteiger partial charge in [0.1, 0.15) is 0 Å². The van der Waals surface area contributed by atoms with E-state index in [1.54, 1.807) is 6.92 Å². The van der Waals surface area contributed by atoms with E-state index in [1.807, 2.05) is 0 Å². The molecule has 134 valence electrons. The highest BCUT2D eigenvalue weighted by Gasteiger charge is 2.48. The van der Waals surface area contributed by atoms with Crippen molar-refractivity contribution in [3.63, 3.8) is 0 Å². The van der Waals surface area contributed by atoms with Crippen molar-refractivity contribution in [2.24, 2.45) is 0 Å². The van der Waals surface area contributed by atoms with Crippen molar-refractivity contribution in [2.75, 3.05) is 5.73 Å². The molecule has 4 atom stereocenters. The first-order valence-corrected chi connectivity index (χ1v) is 6.74. The monoisotopic (exact) mass is 408 g/mol. The zero-order chi connectivity index (χ0) is 17.3. The number of ether oxygens (including phenoxy) is 3. The van der Waals surface area contributed by atoms with Crippen LogP contribution >= 0.6 is 0 Å². The summed E-state index contributed by atoms with van der Waals surface area (Å²) in [6.07, 6.45) is -3.17. The van der Waals surface area contributed by atoms with E-state index >= 15 is 0 Å². The van der Waals surface area contributed by atoms with Crippen LogP contribution in [0, 0.1) is 5.82 Å². The largest absolute Gasteiger partial charge is 1.00 e. The van der Waals surface area contributed by atoms with E-state index in [-0.39, 0.29) is 17.0 Å². The second-order valence-corrected chi connectivity index (χ2v) is 5.04. The summed E-state index contributed by atoms with van der Waals surface area (Å²) in [5.41, 5.74) is 4.34. The summed E-state index contributed by atoms with van der Waals surface area (Å²) in [7, 11) is 0. The van der Waals surface area contributed by atoms with Crippen LogP contribution in [0.2, 0.25) is 0 Å². The molecule has 2 heterocycles. The number of nitrogens with zero attached hydrogens (tertiary/aromatic N) is 2. The maximum Gasteiger partial charge on any atom is 0.351 e. The maximum atomic E-state index is 13.6. The number of carbonyl (C=O) groups is 2. The summed E-state index contributed by atoms with van der Waals surface area (Å²) in [6, 6.07) is 0. The van der Waals surface area contributed by atoms with Crippen LogP contribution in [0.5, 0.6) is 0 Å². The molecule has 0 saturated carbocycles. The summed E-state index contributed by atoms with van der Waals surface area (Å²) in [6.45, 7) is 3.90. The molecule has 1 aromatic heterocycles. The van der Waals surface area contributed by atoms with Crippen molar-refractivity contribution in [1.82, 2.24) is 9.55 Å². The Balaban J connectivity index is 0.00000288. The third kappa shape index (κ3) is 4.09. The van der Waals surface area contributed by atoms with Crippen LogP contribution in [-0.4, -0.2) is 39.8 Å². The van der Waals surface area contributed by atoms with Gasteiger partial charge in [0, 0.05) is 13.8 Å². The number of aromatic nitrogens is 2.